The number of nitrogens with zero attached hydrogens (tertiary/aromatic N) is 2. The molecule has 1 atom stereocenters. The highest BCUT2D eigenvalue weighted by Crippen LogP contribution is 2.16. The first kappa shape index (κ1) is 12.5. The number of nitrogens with two attached hydrogens (primary N) is 1. The number of benzene rings is 1. The van der Waals surface area contributed by atoms with Crippen molar-refractivity contribution >= 4 is 23.1 Å². The number of aryl methyl sites for hydroxylation is 1. The van der Waals surface area contributed by atoms with Gasteiger partial charge in [0.05, 0.1) is 11.7 Å². The van der Waals surface area contributed by atoms with Crippen molar-refractivity contribution in [3.63, 3.8) is 0 Å². The molecule has 1 aromatic carbocycles. The summed E-state index contributed by atoms with van der Waals surface area (Å²) in [4.78, 5) is 12.5. The fourth-order valence-electron chi connectivity index (χ4n) is 1.57. The van der Waals surface area contributed by atoms with E-state index in [2.05, 4.69) is 14.9 Å². The Morgan fingerprint density at radius 2 is 2.06 bits per heavy atom. The highest BCUT2D eigenvalue weighted by atomic mass is 32.1. The molecular weight excluding hydrogens is 248 g/mol. The second kappa shape index (κ2) is 5.14. The first-order chi connectivity index (χ1) is 8.58. The maximum Gasteiger partial charge on any atom is 0.265 e. The van der Waals surface area contributed by atoms with Gasteiger partial charge in [-0.15, -0.1) is 5.10 Å². The van der Waals surface area contributed by atoms with E-state index in [4.69, 9.17) is 5.73 Å². The number of rotatable bonds is 3. The highest BCUT2D eigenvalue weighted by molar-refractivity contribution is 7.08. The Kier molecular flexibility index (Phi) is 3.57. The largest absolute Gasteiger partial charge is 0.399 e. The molecule has 0 fully saturated rings. The van der Waals surface area contributed by atoms with Gasteiger partial charge in [-0.3, -0.25) is 4.79 Å². The first-order valence-electron chi connectivity index (χ1n) is 5.53. The van der Waals surface area contributed by atoms with E-state index in [9.17, 15) is 4.79 Å². The molecule has 3 N–H and O–H groups in total. The molecule has 0 radical (unpaired) electrons. The number of amides is 1. The van der Waals surface area contributed by atoms with E-state index in [-0.39, 0.29) is 11.9 Å². The number of hydrogen-bond donors (Lipinski definition) is 2. The second-order valence-electron chi connectivity index (χ2n) is 4.05. The van der Waals surface area contributed by atoms with Crippen LogP contribution in [0.25, 0.3) is 0 Å². The number of carbonyl (C=O) groups is 1. The van der Waals surface area contributed by atoms with Crippen LogP contribution < -0.4 is 11.1 Å². The fraction of sp³-hybridized carbons (Fsp3) is 0.250. The number of anilines is 1. The summed E-state index contributed by atoms with van der Waals surface area (Å²) in [6, 6.07) is 7.35. The van der Waals surface area contributed by atoms with Crippen molar-refractivity contribution in [2.75, 3.05) is 5.73 Å². The Bertz CT molecular complexity index is 549. The van der Waals surface area contributed by atoms with Crippen LogP contribution in [0.5, 0.6) is 0 Å². The summed E-state index contributed by atoms with van der Waals surface area (Å²) < 4.78 is 3.75. The Morgan fingerprint density at radius 3 is 2.61 bits per heavy atom. The topological polar surface area (TPSA) is 80.9 Å². The molecule has 0 saturated heterocycles. The zero-order valence-electron chi connectivity index (χ0n) is 10.2. The third-order valence-electron chi connectivity index (χ3n) is 2.64. The fourth-order valence-corrected chi connectivity index (χ4v) is 2.13. The number of nitrogens with one attached hydrogen (secondary N) is 1. The van der Waals surface area contributed by atoms with E-state index in [1.165, 1.54) is 0 Å². The van der Waals surface area contributed by atoms with Crippen molar-refractivity contribution in [3.8, 4) is 0 Å². The molecule has 0 aliphatic carbocycles. The molecule has 18 heavy (non-hydrogen) atoms. The van der Waals surface area contributed by atoms with Gasteiger partial charge in [-0.2, -0.15) is 0 Å². The molecule has 2 rings (SSSR count). The van der Waals surface area contributed by atoms with Crippen LogP contribution in [0.4, 0.5) is 5.69 Å². The van der Waals surface area contributed by atoms with Gasteiger partial charge in [0, 0.05) is 5.69 Å². The summed E-state index contributed by atoms with van der Waals surface area (Å²) in [7, 11) is 0. The summed E-state index contributed by atoms with van der Waals surface area (Å²) in [5, 5.41) is 6.73. The third-order valence-corrected chi connectivity index (χ3v) is 3.47. The minimum atomic E-state index is -0.146. The predicted octanol–water partition coefficient (Wildman–Crippen LogP) is 1.92. The lowest BCUT2D eigenvalue weighted by molar-refractivity contribution is 0.0943. The Balaban J connectivity index is 2.08. The molecule has 1 unspecified atom stereocenters. The smallest absolute Gasteiger partial charge is 0.265 e. The molecule has 5 nitrogen and oxygen atoms in total. The molecule has 0 spiro atoms. The number of hydrogen-bond acceptors (Lipinski definition) is 5. The molecule has 1 amide bonds. The molecule has 0 aliphatic heterocycles. The van der Waals surface area contributed by atoms with E-state index in [1.54, 1.807) is 6.92 Å². The predicted molar refractivity (Wildman–Crippen MR) is 71.4 cm³/mol. The van der Waals surface area contributed by atoms with Gasteiger partial charge < -0.3 is 11.1 Å². The van der Waals surface area contributed by atoms with Crippen molar-refractivity contribution in [3.05, 3.63) is 40.4 Å². The maximum atomic E-state index is 12.0. The zero-order chi connectivity index (χ0) is 13.1. The van der Waals surface area contributed by atoms with Gasteiger partial charge in [0.15, 0.2) is 0 Å². The lowest BCUT2D eigenvalue weighted by Crippen LogP contribution is -2.26. The summed E-state index contributed by atoms with van der Waals surface area (Å²) in [5.41, 5.74) is 7.99. The SMILES string of the molecule is Cc1nnsc1C(=O)NC(C)c1ccc(N)cc1. The summed E-state index contributed by atoms with van der Waals surface area (Å²) in [6.45, 7) is 3.69. The minimum absolute atomic E-state index is 0.0837. The second-order valence-corrected chi connectivity index (χ2v) is 4.80. The lowest BCUT2D eigenvalue weighted by atomic mass is 10.1. The minimum Gasteiger partial charge on any atom is -0.399 e. The van der Waals surface area contributed by atoms with Crippen LogP contribution >= 0.6 is 11.5 Å². The quantitative estimate of drug-likeness (QED) is 0.828. The van der Waals surface area contributed by atoms with Crippen molar-refractivity contribution in [1.29, 1.82) is 0 Å². The van der Waals surface area contributed by atoms with Crippen molar-refractivity contribution in [2.24, 2.45) is 0 Å². The first-order valence-corrected chi connectivity index (χ1v) is 6.30. The van der Waals surface area contributed by atoms with Gasteiger partial charge >= 0.3 is 0 Å². The molecule has 6 heteroatoms. The van der Waals surface area contributed by atoms with E-state index in [0.717, 1.165) is 17.1 Å². The van der Waals surface area contributed by atoms with Gasteiger partial charge in [0.1, 0.15) is 4.88 Å². The van der Waals surface area contributed by atoms with Crippen LogP contribution in [0.2, 0.25) is 0 Å². The average Bonchev–Trinajstić information content (AvgIpc) is 2.76. The Labute approximate surface area is 109 Å². The van der Waals surface area contributed by atoms with E-state index in [0.29, 0.717) is 16.3 Å². The molecular formula is C12H14N4OS. The number of carbonyl (C=O) groups excluding carboxylic acids is 1. The average molecular weight is 262 g/mol. The van der Waals surface area contributed by atoms with Crippen molar-refractivity contribution in [2.45, 2.75) is 19.9 Å². The summed E-state index contributed by atoms with van der Waals surface area (Å²) in [5.74, 6) is -0.146. The van der Waals surface area contributed by atoms with E-state index >= 15 is 0 Å². The van der Waals surface area contributed by atoms with Crippen LogP contribution in [-0.4, -0.2) is 15.5 Å². The zero-order valence-corrected chi connectivity index (χ0v) is 11.0. The van der Waals surface area contributed by atoms with Gasteiger partial charge in [0.2, 0.25) is 0 Å². The van der Waals surface area contributed by atoms with Crippen LogP contribution in [-0.2, 0) is 0 Å². The summed E-state index contributed by atoms with van der Waals surface area (Å²) >= 11 is 1.10. The van der Waals surface area contributed by atoms with Crippen LogP contribution in [0.3, 0.4) is 0 Å². The number of aromatic nitrogens is 2. The molecule has 1 aromatic heterocycles. The molecule has 0 aliphatic rings. The van der Waals surface area contributed by atoms with Crippen molar-refractivity contribution in [1.82, 2.24) is 14.9 Å². The normalized spacial score (nSPS) is 12.1. The van der Waals surface area contributed by atoms with Gasteiger partial charge in [0.25, 0.3) is 5.91 Å². The maximum absolute atomic E-state index is 12.0. The van der Waals surface area contributed by atoms with Gasteiger partial charge in [-0.1, -0.05) is 16.6 Å². The third kappa shape index (κ3) is 2.65. The molecule has 0 bridgehead atoms. The highest BCUT2D eigenvalue weighted by Gasteiger charge is 2.16. The van der Waals surface area contributed by atoms with Gasteiger partial charge in [-0.25, -0.2) is 0 Å². The number of nitrogen functional groups attached to an aromatic ring is 1. The molecule has 0 saturated carbocycles. The monoisotopic (exact) mass is 262 g/mol. The van der Waals surface area contributed by atoms with E-state index < -0.39 is 0 Å². The standard InChI is InChI=1S/C12H14N4OS/c1-7(9-3-5-10(13)6-4-9)14-12(17)11-8(2)15-16-18-11/h3-7H,13H2,1-2H3,(H,14,17). The summed E-state index contributed by atoms with van der Waals surface area (Å²) in [6.07, 6.45) is 0. The molecule has 94 valence electrons. The molecule has 1 heterocycles. The Morgan fingerprint density at radius 1 is 1.39 bits per heavy atom. The lowest BCUT2D eigenvalue weighted by Gasteiger charge is -2.13. The van der Waals surface area contributed by atoms with Crippen LogP contribution in [0, 0.1) is 6.92 Å². The van der Waals surface area contributed by atoms with Gasteiger partial charge in [-0.05, 0) is 43.1 Å². The van der Waals surface area contributed by atoms with Crippen LogP contribution in [0.1, 0.15) is 33.9 Å². The van der Waals surface area contributed by atoms with Crippen molar-refractivity contribution < 1.29 is 4.79 Å². The Hall–Kier alpha value is -1.95. The van der Waals surface area contributed by atoms with E-state index in [1.807, 2.05) is 31.2 Å². The molecule has 2 aromatic rings. The van der Waals surface area contributed by atoms with Crippen LogP contribution in [0.15, 0.2) is 24.3 Å².